The van der Waals surface area contributed by atoms with Crippen LogP contribution >= 0.6 is 23.2 Å². The summed E-state index contributed by atoms with van der Waals surface area (Å²) in [4.78, 5) is 22.3. The fraction of sp³-hybridized carbons (Fsp3) is 0.286. The highest BCUT2D eigenvalue weighted by molar-refractivity contribution is 7.91. The van der Waals surface area contributed by atoms with Gasteiger partial charge in [0.25, 0.3) is 16.1 Å². The van der Waals surface area contributed by atoms with Gasteiger partial charge >= 0.3 is 0 Å². The van der Waals surface area contributed by atoms with Gasteiger partial charge in [0.05, 0.1) is 0 Å². The highest BCUT2D eigenvalue weighted by Crippen LogP contribution is 2.51. The van der Waals surface area contributed by atoms with Crippen LogP contribution in [0.4, 0.5) is 0 Å². The van der Waals surface area contributed by atoms with Gasteiger partial charge < -0.3 is 0 Å². The molecule has 6 nitrogen and oxygen atoms in total. The van der Waals surface area contributed by atoms with Gasteiger partial charge in [-0.3, -0.25) is 0 Å². The number of rotatable bonds is 4. The highest BCUT2D eigenvalue weighted by atomic mass is 35.5. The number of halogens is 2. The van der Waals surface area contributed by atoms with E-state index in [1.165, 1.54) is 12.2 Å². The third-order valence-electron chi connectivity index (χ3n) is 3.49. The standard InChI is InChI=1S/C14H10Cl2N2O4S/c15-14(16)8-13(17-9-19,23(21,22)18-10-20)7-6-12(14)11-4-2-1-3-5-11/h1-6H,7-8H2. The van der Waals surface area contributed by atoms with Gasteiger partial charge in [0.15, 0.2) is 0 Å². The van der Waals surface area contributed by atoms with Crippen molar-refractivity contribution in [1.29, 1.82) is 0 Å². The van der Waals surface area contributed by atoms with E-state index in [9.17, 15) is 18.0 Å². The fourth-order valence-electron chi connectivity index (χ4n) is 2.43. The molecule has 0 N–H and O–H groups in total. The SMILES string of the molecule is O=C=NC1(S(=O)(=O)N=C=O)CC=C(c2ccccc2)C(Cl)(Cl)C1. The first-order valence-corrected chi connectivity index (χ1v) is 8.54. The molecule has 1 unspecified atom stereocenters. The molecule has 0 radical (unpaired) electrons. The molecule has 0 saturated carbocycles. The second kappa shape index (κ2) is 6.40. The van der Waals surface area contributed by atoms with Crippen molar-refractivity contribution in [3.63, 3.8) is 0 Å². The monoisotopic (exact) mass is 372 g/mol. The van der Waals surface area contributed by atoms with E-state index in [0.717, 1.165) is 6.08 Å². The maximum absolute atomic E-state index is 12.2. The average Bonchev–Trinajstić information content (AvgIpc) is 2.47. The summed E-state index contributed by atoms with van der Waals surface area (Å²) in [6.45, 7) is 0. The van der Waals surface area contributed by atoms with Crippen LogP contribution in [0.5, 0.6) is 0 Å². The molecular weight excluding hydrogens is 363 g/mol. The smallest absolute Gasteiger partial charge is 0.211 e. The van der Waals surface area contributed by atoms with Crippen molar-refractivity contribution in [2.45, 2.75) is 22.0 Å². The molecule has 0 bridgehead atoms. The van der Waals surface area contributed by atoms with E-state index >= 15 is 0 Å². The second-order valence-corrected chi connectivity index (χ2v) is 8.25. The first kappa shape index (κ1) is 17.6. The van der Waals surface area contributed by atoms with E-state index in [4.69, 9.17) is 23.2 Å². The fourth-order valence-corrected chi connectivity index (χ4v) is 4.52. The highest BCUT2D eigenvalue weighted by Gasteiger charge is 2.53. The molecule has 1 aromatic rings. The number of isocyanates is 2. The number of sulfonamides is 1. The Balaban J connectivity index is 2.60. The summed E-state index contributed by atoms with van der Waals surface area (Å²) in [5.41, 5.74) is 1.20. The molecule has 1 aliphatic carbocycles. The number of aliphatic imine (C=N–C) groups is 1. The van der Waals surface area contributed by atoms with E-state index in [-0.39, 0.29) is 6.42 Å². The summed E-state index contributed by atoms with van der Waals surface area (Å²) in [5.74, 6) is 0. The number of nitrogens with zero attached hydrogens (tertiary/aromatic N) is 2. The molecule has 0 saturated heterocycles. The molecule has 23 heavy (non-hydrogen) atoms. The molecule has 1 atom stereocenters. The molecule has 0 fully saturated rings. The average molecular weight is 373 g/mol. The molecule has 9 heteroatoms. The minimum Gasteiger partial charge on any atom is -0.211 e. The Kier molecular flexibility index (Phi) is 4.90. The lowest BCUT2D eigenvalue weighted by molar-refractivity contribution is 0.474. The van der Waals surface area contributed by atoms with Gasteiger partial charge in [0.2, 0.25) is 11.0 Å². The summed E-state index contributed by atoms with van der Waals surface area (Å²) in [7, 11) is -4.48. The maximum Gasteiger partial charge on any atom is 0.290 e. The molecule has 120 valence electrons. The van der Waals surface area contributed by atoms with Crippen LogP contribution in [0.15, 0.2) is 45.8 Å². The second-order valence-electron chi connectivity index (χ2n) is 4.88. The molecule has 0 spiro atoms. The minimum atomic E-state index is -4.48. The molecule has 2 rings (SSSR count). The number of carbonyl (C=O) groups excluding carboxylic acids is 2. The third kappa shape index (κ3) is 3.29. The van der Waals surface area contributed by atoms with Crippen LogP contribution in [-0.4, -0.2) is 29.8 Å². The zero-order valence-corrected chi connectivity index (χ0v) is 13.9. The van der Waals surface area contributed by atoms with E-state index in [1.807, 2.05) is 0 Å². The van der Waals surface area contributed by atoms with Crippen LogP contribution in [-0.2, 0) is 19.6 Å². The summed E-state index contributed by atoms with van der Waals surface area (Å²) >= 11 is 12.6. The van der Waals surface area contributed by atoms with Gasteiger partial charge in [-0.05, 0) is 11.1 Å². The first-order valence-electron chi connectivity index (χ1n) is 6.35. The molecule has 0 heterocycles. The lowest BCUT2D eigenvalue weighted by Crippen LogP contribution is -2.43. The minimum absolute atomic E-state index is 0.221. The Bertz CT molecular complexity index is 839. The van der Waals surface area contributed by atoms with Crippen LogP contribution in [0.1, 0.15) is 18.4 Å². The lowest BCUT2D eigenvalue weighted by atomic mass is 9.89. The molecule has 0 amide bonds. The van der Waals surface area contributed by atoms with Gasteiger partial charge in [-0.15, -0.1) is 0 Å². The number of hydrogen-bond donors (Lipinski definition) is 0. The van der Waals surface area contributed by atoms with Gasteiger partial charge in [0, 0.05) is 12.8 Å². The number of benzene rings is 1. The van der Waals surface area contributed by atoms with E-state index < -0.39 is 25.6 Å². The van der Waals surface area contributed by atoms with Crippen molar-refractivity contribution >= 4 is 51.0 Å². The Morgan fingerprint density at radius 2 is 1.74 bits per heavy atom. The quantitative estimate of drug-likeness (QED) is 0.461. The van der Waals surface area contributed by atoms with Crippen LogP contribution in [0, 0.1) is 0 Å². The van der Waals surface area contributed by atoms with Crippen molar-refractivity contribution in [3.8, 4) is 0 Å². The molecule has 0 aromatic heterocycles. The topological polar surface area (TPSA) is 93.0 Å². The lowest BCUT2D eigenvalue weighted by Gasteiger charge is -2.36. The van der Waals surface area contributed by atoms with Gasteiger partial charge in [-0.25, -0.2) is 18.0 Å². The zero-order valence-electron chi connectivity index (χ0n) is 11.6. The number of allylic oxidation sites excluding steroid dienone is 1. The summed E-state index contributed by atoms with van der Waals surface area (Å²) in [6.07, 6.45) is 2.94. The van der Waals surface area contributed by atoms with Crippen LogP contribution in [0.25, 0.3) is 5.57 Å². The molecular formula is C14H10Cl2N2O4S. The normalized spacial score (nSPS) is 23.1. The van der Waals surface area contributed by atoms with Crippen molar-refractivity contribution in [3.05, 3.63) is 42.0 Å². The number of hydrogen-bond acceptors (Lipinski definition) is 5. The van der Waals surface area contributed by atoms with Gasteiger partial charge in [-0.1, -0.05) is 64.0 Å². The van der Waals surface area contributed by atoms with Crippen LogP contribution in [0.3, 0.4) is 0 Å². The van der Waals surface area contributed by atoms with E-state index in [2.05, 4.69) is 9.39 Å². The summed E-state index contributed by atoms with van der Waals surface area (Å²) in [6, 6.07) is 8.89. The van der Waals surface area contributed by atoms with E-state index in [1.54, 1.807) is 30.3 Å². The Morgan fingerprint density at radius 3 is 2.26 bits per heavy atom. The molecule has 1 aliphatic rings. The van der Waals surface area contributed by atoms with Gasteiger partial charge in [-0.2, -0.15) is 4.99 Å². The zero-order chi connectivity index (χ0) is 17.1. The predicted molar refractivity (Wildman–Crippen MR) is 86.0 cm³/mol. The van der Waals surface area contributed by atoms with Crippen LogP contribution < -0.4 is 0 Å². The van der Waals surface area contributed by atoms with Crippen molar-refractivity contribution < 1.29 is 18.0 Å². The summed E-state index contributed by atoms with van der Waals surface area (Å²) < 4.78 is 25.5. The summed E-state index contributed by atoms with van der Waals surface area (Å²) in [5, 5.41) is 0. The third-order valence-corrected chi connectivity index (χ3v) is 5.84. The Labute approximate surface area is 142 Å². The van der Waals surface area contributed by atoms with Crippen molar-refractivity contribution in [2.24, 2.45) is 9.39 Å². The van der Waals surface area contributed by atoms with Crippen molar-refractivity contribution in [1.82, 2.24) is 0 Å². The predicted octanol–water partition coefficient (Wildman–Crippen LogP) is 2.74. The number of alkyl halides is 2. The maximum atomic E-state index is 12.2. The largest absolute Gasteiger partial charge is 0.290 e. The van der Waals surface area contributed by atoms with Gasteiger partial charge in [0.1, 0.15) is 4.33 Å². The molecule has 0 aliphatic heterocycles. The van der Waals surface area contributed by atoms with Crippen LogP contribution in [0.2, 0.25) is 0 Å². The van der Waals surface area contributed by atoms with Crippen molar-refractivity contribution in [2.75, 3.05) is 0 Å². The Morgan fingerprint density at radius 1 is 1.09 bits per heavy atom. The van der Waals surface area contributed by atoms with E-state index in [0.29, 0.717) is 11.1 Å². The molecule has 1 aromatic carbocycles. The Hall–Kier alpha value is -1.75. The first-order chi connectivity index (χ1) is 10.8.